The maximum atomic E-state index is 11.4. The van der Waals surface area contributed by atoms with Crippen molar-refractivity contribution in [2.75, 3.05) is 5.33 Å². The molecule has 0 aromatic carbocycles. The fraction of sp³-hybridized carbons (Fsp3) is 0.800. The van der Waals surface area contributed by atoms with Crippen LogP contribution in [0.25, 0.3) is 0 Å². The van der Waals surface area contributed by atoms with E-state index in [1.54, 1.807) is 0 Å². The summed E-state index contributed by atoms with van der Waals surface area (Å²) < 4.78 is 34.2. The number of ketones is 1. The lowest BCUT2D eigenvalue weighted by Gasteiger charge is -2.02. The van der Waals surface area contributed by atoms with Crippen molar-refractivity contribution in [1.29, 1.82) is 0 Å². The third kappa shape index (κ3) is 6.07. The van der Waals surface area contributed by atoms with Crippen LogP contribution in [0.15, 0.2) is 0 Å². The summed E-state index contributed by atoms with van der Waals surface area (Å²) in [6.45, 7) is 0. The number of carbonyl (C=O) groups is 1. The highest BCUT2D eigenvalue weighted by molar-refractivity contribution is 9.09. The summed E-state index contributed by atoms with van der Waals surface area (Å²) in [5.41, 5.74) is 0. The van der Waals surface area contributed by atoms with E-state index in [4.69, 9.17) is 0 Å². The molecule has 0 rings (SSSR count). The monoisotopic (exact) mass is 218 g/mol. The molecule has 0 bridgehead atoms. The molecule has 0 N–H and O–H groups in total. The average Bonchev–Trinajstić information content (AvgIpc) is 1.81. The van der Waals surface area contributed by atoms with E-state index in [0.29, 0.717) is 0 Å². The van der Waals surface area contributed by atoms with Crippen molar-refractivity contribution in [3.8, 4) is 0 Å². The van der Waals surface area contributed by atoms with Gasteiger partial charge in [-0.25, -0.2) is 0 Å². The molecule has 0 heterocycles. The van der Waals surface area contributed by atoms with Gasteiger partial charge in [0, 0.05) is 6.42 Å². The zero-order valence-corrected chi connectivity index (χ0v) is 6.63. The fourth-order valence-corrected chi connectivity index (χ4v) is 0.628. The Bertz CT molecular complexity index is 121. The number of Topliss-reactive ketones (excluding diaryl/α,β-unsaturated/α-hetero) is 1. The number of hydrogen-bond donors (Lipinski definition) is 0. The van der Waals surface area contributed by atoms with Crippen molar-refractivity contribution >= 4 is 21.7 Å². The first-order valence-corrected chi connectivity index (χ1v) is 3.72. The highest BCUT2D eigenvalue weighted by Crippen LogP contribution is 2.21. The van der Waals surface area contributed by atoms with Gasteiger partial charge in [0.2, 0.25) is 0 Å². The summed E-state index contributed by atoms with van der Waals surface area (Å²) in [7, 11) is 0. The molecule has 0 radical (unpaired) electrons. The quantitative estimate of drug-likeness (QED) is 0.665. The van der Waals surface area contributed by atoms with Crippen molar-refractivity contribution in [2.24, 2.45) is 0 Å². The molecule has 10 heavy (non-hydrogen) atoms. The average molecular weight is 219 g/mol. The van der Waals surface area contributed by atoms with Crippen molar-refractivity contribution in [1.82, 2.24) is 0 Å². The Balaban J connectivity index is 3.46. The number of carbonyl (C=O) groups excluding carboxylic acids is 1. The maximum absolute atomic E-state index is 11.4. The van der Waals surface area contributed by atoms with E-state index >= 15 is 0 Å². The summed E-state index contributed by atoms with van der Waals surface area (Å²) in [5.74, 6) is -0.419. The van der Waals surface area contributed by atoms with Gasteiger partial charge in [0.05, 0.1) is 11.8 Å². The summed E-state index contributed by atoms with van der Waals surface area (Å²) in [4.78, 5) is 10.3. The molecule has 0 saturated heterocycles. The van der Waals surface area contributed by atoms with Gasteiger partial charge >= 0.3 is 6.18 Å². The predicted octanol–water partition coefficient (Wildman–Crippen LogP) is 2.29. The molecular formula is C5H6BrF3O. The molecule has 0 saturated carbocycles. The summed E-state index contributed by atoms with van der Waals surface area (Å²) in [6.07, 6.45) is -5.65. The Morgan fingerprint density at radius 1 is 1.40 bits per heavy atom. The fourth-order valence-electron chi connectivity index (χ4n) is 0.348. The molecule has 0 amide bonds. The molecule has 0 aliphatic heterocycles. The van der Waals surface area contributed by atoms with Crippen molar-refractivity contribution in [2.45, 2.75) is 19.0 Å². The third-order valence-corrected chi connectivity index (χ3v) is 1.46. The minimum Gasteiger partial charge on any atom is -0.299 e. The van der Waals surface area contributed by atoms with Gasteiger partial charge in [0.1, 0.15) is 5.78 Å². The molecule has 0 atom stereocenters. The standard InChI is InChI=1S/C5H6BrF3O/c6-3-4(10)1-2-5(7,8)9/h1-3H2. The molecule has 0 spiro atoms. The number of halogens is 4. The lowest BCUT2D eigenvalue weighted by atomic mass is 10.2. The minimum absolute atomic E-state index is 0.00306. The number of rotatable bonds is 3. The molecule has 0 fully saturated rings. The van der Waals surface area contributed by atoms with Gasteiger partial charge in [-0.15, -0.1) is 0 Å². The van der Waals surface area contributed by atoms with Crippen LogP contribution in [0.5, 0.6) is 0 Å². The summed E-state index contributed by atoms with van der Waals surface area (Å²) in [6, 6.07) is 0. The Morgan fingerprint density at radius 3 is 2.20 bits per heavy atom. The van der Waals surface area contributed by atoms with Gasteiger partial charge in [-0.2, -0.15) is 13.2 Å². The van der Waals surface area contributed by atoms with E-state index in [0.717, 1.165) is 0 Å². The van der Waals surface area contributed by atoms with Crippen molar-refractivity contribution in [3.05, 3.63) is 0 Å². The van der Waals surface area contributed by atoms with Crippen LogP contribution in [0.1, 0.15) is 12.8 Å². The van der Waals surface area contributed by atoms with Gasteiger partial charge in [-0.3, -0.25) is 4.79 Å². The zero-order valence-electron chi connectivity index (χ0n) is 5.04. The van der Waals surface area contributed by atoms with Crippen LogP contribution in [0.2, 0.25) is 0 Å². The first-order valence-electron chi connectivity index (χ1n) is 2.60. The van der Waals surface area contributed by atoms with Gasteiger partial charge in [-0.1, -0.05) is 15.9 Å². The molecule has 0 aliphatic carbocycles. The van der Waals surface area contributed by atoms with Gasteiger partial charge in [-0.05, 0) is 0 Å². The van der Waals surface area contributed by atoms with Crippen LogP contribution in [0.4, 0.5) is 13.2 Å². The van der Waals surface area contributed by atoms with Crippen LogP contribution >= 0.6 is 15.9 Å². The van der Waals surface area contributed by atoms with Crippen LogP contribution in [-0.2, 0) is 4.79 Å². The van der Waals surface area contributed by atoms with Crippen LogP contribution in [0.3, 0.4) is 0 Å². The maximum Gasteiger partial charge on any atom is 0.389 e. The Kier molecular flexibility index (Phi) is 3.93. The van der Waals surface area contributed by atoms with Crippen LogP contribution < -0.4 is 0 Å². The summed E-state index contributed by atoms with van der Waals surface area (Å²) in [5, 5.41) is 0.00306. The Hall–Kier alpha value is -0.0600. The number of alkyl halides is 4. The Morgan fingerprint density at radius 2 is 1.90 bits per heavy atom. The Labute approximate surface area is 64.7 Å². The van der Waals surface area contributed by atoms with Crippen LogP contribution in [-0.4, -0.2) is 17.3 Å². The van der Waals surface area contributed by atoms with Gasteiger partial charge in [0.25, 0.3) is 0 Å². The van der Waals surface area contributed by atoms with Crippen molar-refractivity contribution < 1.29 is 18.0 Å². The lowest BCUT2D eigenvalue weighted by molar-refractivity contribution is -0.142. The molecule has 0 unspecified atom stereocenters. The molecule has 1 nitrogen and oxygen atoms in total. The third-order valence-electron chi connectivity index (χ3n) is 0.836. The van der Waals surface area contributed by atoms with E-state index in [1.165, 1.54) is 0 Å². The van der Waals surface area contributed by atoms with E-state index in [-0.39, 0.29) is 5.33 Å². The van der Waals surface area contributed by atoms with E-state index < -0.39 is 24.8 Å². The summed E-state index contributed by atoms with van der Waals surface area (Å²) >= 11 is 2.77. The first kappa shape index (κ1) is 9.94. The lowest BCUT2D eigenvalue weighted by Crippen LogP contribution is -2.10. The second-order valence-electron chi connectivity index (χ2n) is 1.79. The topological polar surface area (TPSA) is 17.1 Å². The number of hydrogen-bond acceptors (Lipinski definition) is 1. The highest BCUT2D eigenvalue weighted by Gasteiger charge is 2.27. The van der Waals surface area contributed by atoms with E-state index in [1.807, 2.05) is 0 Å². The molecule has 0 aliphatic rings. The SMILES string of the molecule is O=C(CBr)CCC(F)(F)F. The predicted molar refractivity (Wildman–Crippen MR) is 34.1 cm³/mol. The second-order valence-corrected chi connectivity index (χ2v) is 2.35. The smallest absolute Gasteiger partial charge is 0.299 e. The first-order chi connectivity index (χ1) is 4.45. The molecule has 0 aromatic rings. The molecule has 5 heteroatoms. The van der Waals surface area contributed by atoms with Crippen LogP contribution in [0, 0.1) is 0 Å². The molecule has 0 aromatic heterocycles. The van der Waals surface area contributed by atoms with Crippen molar-refractivity contribution in [3.63, 3.8) is 0 Å². The highest BCUT2D eigenvalue weighted by atomic mass is 79.9. The van der Waals surface area contributed by atoms with E-state index in [2.05, 4.69) is 15.9 Å². The second kappa shape index (κ2) is 3.95. The van der Waals surface area contributed by atoms with E-state index in [9.17, 15) is 18.0 Å². The van der Waals surface area contributed by atoms with Gasteiger partial charge in [0.15, 0.2) is 0 Å². The zero-order chi connectivity index (χ0) is 8.20. The minimum atomic E-state index is -4.21. The van der Waals surface area contributed by atoms with Gasteiger partial charge < -0.3 is 0 Å². The molecular weight excluding hydrogens is 213 g/mol. The molecule has 60 valence electrons. The normalized spacial score (nSPS) is 11.6. The largest absolute Gasteiger partial charge is 0.389 e.